The number of hydrogen-bond donors (Lipinski definition) is 2. The van der Waals surface area contributed by atoms with Crippen LogP contribution in [-0.2, 0) is 20.8 Å². The molecule has 1 heterocycles. The number of fused-ring (bicyclic) bond motifs is 1. The molecule has 0 aliphatic heterocycles. The summed E-state index contributed by atoms with van der Waals surface area (Å²) >= 11 is 0. The van der Waals surface area contributed by atoms with E-state index < -0.39 is 17.9 Å². The number of alkyl halides is 2. The molecular weight excluding hydrogens is 564 g/mol. The van der Waals surface area contributed by atoms with E-state index in [-0.39, 0.29) is 45.4 Å². The predicted octanol–water partition coefficient (Wildman–Crippen LogP) is 7.89. The molecule has 1 unspecified atom stereocenters. The van der Waals surface area contributed by atoms with Crippen LogP contribution in [0.3, 0.4) is 0 Å². The Morgan fingerprint density at radius 1 is 1.00 bits per heavy atom. The molecule has 3 rings (SSSR count). The number of ether oxygens (including phenoxy) is 3. The first-order valence-corrected chi connectivity index (χ1v) is 16.5. The van der Waals surface area contributed by atoms with Crippen molar-refractivity contribution >= 4 is 22.4 Å². The highest BCUT2D eigenvalue weighted by atomic mass is 19.3. The lowest BCUT2D eigenvalue weighted by Gasteiger charge is -2.21. The average molecular weight is 618 g/mol. The molecular formula is C35H53F2N3O4. The van der Waals surface area contributed by atoms with Gasteiger partial charge in [-0.2, -0.15) is 0 Å². The zero-order chi connectivity index (χ0) is 32.0. The molecule has 1 atom stereocenters. The average Bonchev–Trinajstić information content (AvgIpc) is 3.38. The molecule has 7 nitrogen and oxygen atoms in total. The number of unbranched alkanes of at least 4 members (excludes halogenated alkanes) is 4. The fourth-order valence-corrected chi connectivity index (χ4v) is 5.68. The molecule has 0 saturated heterocycles. The minimum absolute atomic E-state index is 0.0434. The third-order valence-electron chi connectivity index (χ3n) is 8.26. The Morgan fingerprint density at radius 2 is 1.73 bits per heavy atom. The van der Waals surface area contributed by atoms with Gasteiger partial charge in [0.1, 0.15) is 17.6 Å². The van der Waals surface area contributed by atoms with Gasteiger partial charge in [-0.05, 0) is 69.2 Å². The van der Waals surface area contributed by atoms with Gasteiger partial charge in [0.2, 0.25) is 5.92 Å². The summed E-state index contributed by atoms with van der Waals surface area (Å²) < 4.78 is 47.9. The Hall–Kier alpha value is -2.91. The van der Waals surface area contributed by atoms with Crippen LogP contribution in [0.5, 0.6) is 5.75 Å². The molecule has 1 aromatic carbocycles. The van der Waals surface area contributed by atoms with Crippen molar-refractivity contribution in [2.75, 3.05) is 26.9 Å². The number of rotatable bonds is 21. The minimum atomic E-state index is -2.87. The van der Waals surface area contributed by atoms with Crippen molar-refractivity contribution in [1.29, 1.82) is 0 Å². The third kappa shape index (κ3) is 10.6. The fourth-order valence-electron chi connectivity index (χ4n) is 5.68. The zero-order valence-electron chi connectivity index (χ0n) is 27.0. The Bertz CT molecular complexity index is 1250. The number of aromatic nitrogens is 1. The van der Waals surface area contributed by atoms with Gasteiger partial charge in [-0.3, -0.25) is 4.79 Å². The van der Waals surface area contributed by atoms with E-state index in [1.54, 1.807) is 7.11 Å². The number of nitrogens with two attached hydrogens (primary N) is 2. The van der Waals surface area contributed by atoms with Gasteiger partial charge in [-0.1, -0.05) is 45.1 Å². The lowest BCUT2D eigenvalue weighted by atomic mass is 9.91. The first-order chi connectivity index (χ1) is 21.2. The molecule has 44 heavy (non-hydrogen) atoms. The van der Waals surface area contributed by atoms with Crippen LogP contribution < -0.4 is 16.2 Å². The molecule has 0 amide bonds. The highest BCUT2D eigenvalue weighted by Crippen LogP contribution is 2.37. The summed E-state index contributed by atoms with van der Waals surface area (Å²) in [6.07, 6.45) is 12.0. The van der Waals surface area contributed by atoms with E-state index in [1.165, 1.54) is 36.1 Å². The number of carbonyl (C=O) groups is 1. The summed E-state index contributed by atoms with van der Waals surface area (Å²) in [4.78, 5) is 11.5. The summed E-state index contributed by atoms with van der Waals surface area (Å²) in [5.74, 6) is -1.90. The van der Waals surface area contributed by atoms with Gasteiger partial charge in [0.25, 0.3) is 0 Å². The molecule has 1 aliphatic rings. The molecule has 0 bridgehead atoms. The van der Waals surface area contributed by atoms with Crippen molar-refractivity contribution in [2.45, 2.75) is 116 Å². The normalized spacial score (nSPS) is 14.6. The van der Waals surface area contributed by atoms with E-state index in [2.05, 4.69) is 36.6 Å². The van der Waals surface area contributed by atoms with Crippen LogP contribution in [-0.4, -0.2) is 49.4 Å². The summed E-state index contributed by atoms with van der Waals surface area (Å²) in [6.45, 7) is 5.37. The van der Waals surface area contributed by atoms with Crippen molar-refractivity contribution in [2.24, 2.45) is 11.5 Å². The number of allylic oxidation sites excluding steroid dienone is 3. The summed E-state index contributed by atoms with van der Waals surface area (Å²) in [5.41, 5.74) is 15.8. The van der Waals surface area contributed by atoms with Crippen LogP contribution in [0.15, 0.2) is 41.7 Å². The second-order valence-electron chi connectivity index (χ2n) is 11.8. The molecule has 2 aromatic rings. The maximum absolute atomic E-state index is 14.4. The number of nitrogens with zero attached hydrogens (tertiary/aromatic N) is 1. The number of halogens is 2. The Kier molecular flexibility index (Phi) is 14.7. The van der Waals surface area contributed by atoms with Gasteiger partial charge in [0.05, 0.1) is 25.8 Å². The van der Waals surface area contributed by atoms with E-state index in [4.69, 9.17) is 25.7 Å². The maximum Gasteiger partial charge on any atom is 0.324 e. The first kappa shape index (κ1) is 35.6. The van der Waals surface area contributed by atoms with Crippen molar-refractivity contribution in [3.05, 3.63) is 47.4 Å². The van der Waals surface area contributed by atoms with E-state index in [1.807, 2.05) is 12.1 Å². The highest BCUT2D eigenvalue weighted by Gasteiger charge is 2.28. The van der Waals surface area contributed by atoms with E-state index in [0.29, 0.717) is 5.75 Å². The van der Waals surface area contributed by atoms with Crippen molar-refractivity contribution in [3.63, 3.8) is 0 Å². The van der Waals surface area contributed by atoms with Crippen molar-refractivity contribution in [1.82, 2.24) is 4.57 Å². The molecule has 4 N–H and O–H groups in total. The van der Waals surface area contributed by atoms with Crippen molar-refractivity contribution in [3.8, 4) is 5.75 Å². The number of esters is 1. The molecule has 0 spiro atoms. The molecule has 0 fully saturated rings. The van der Waals surface area contributed by atoms with Crippen LogP contribution in [0.2, 0.25) is 0 Å². The van der Waals surface area contributed by atoms with Gasteiger partial charge < -0.3 is 30.2 Å². The monoisotopic (exact) mass is 617 g/mol. The highest BCUT2D eigenvalue weighted by molar-refractivity contribution is 5.88. The summed E-state index contributed by atoms with van der Waals surface area (Å²) in [5, 5.41) is 1.13. The number of hydrogen-bond acceptors (Lipinski definition) is 6. The zero-order valence-corrected chi connectivity index (χ0v) is 27.0. The van der Waals surface area contributed by atoms with E-state index in [0.717, 1.165) is 61.7 Å². The van der Waals surface area contributed by atoms with Gasteiger partial charge >= 0.3 is 5.97 Å². The van der Waals surface area contributed by atoms with Crippen LogP contribution in [0.25, 0.3) is 16.5 Å². The molecule has 1 aromatic heterocycles. The second-order valence-corrected chi connectivity index (χ2v) is 11.8. The van der Waals surface area contributed by atoms with Crippen LogP contribution in [0, 0.1) is 0 Å². The molecule has 246 valence electrons. The molecule has 0 saturated carbocycles. The number of aryl methyl sites for hydroxylation is 1. The summed E-state index contributed by atoms with van der Waals surface area (Å²) in [7, 11) is 1.76. The lowest BCUT2D eigenvalue weighted by molar-refractivity contribution is -0.145. The van der Waals surface area contributed by atoms with E-state index >= 15 is 0 Å². The largest absolute Gasteiger partial charge is 0.496 e. The van der Waals surface area contributed by atoms with Crippen LogP contribution in [0.1, 0.15) is 103 Å². The maximum atomic E-state index is 14.4. The standard InChI is InChI=1S/C35H53F2N3O4/c1-4-6-8-12-26-13-16-29(33(22-26)42-3)32-23-27-14-15-28(24-31(27)40(32)19-9-7-5-2)43-20-10-17-35(36,37)18-11-21-44-34(41)30(39)25-38/h14-15,22-24,30H,4-13,16-21,25,38-39H2,1-3H3. The van der Waals surface area contributed by atoms with Crippen LogP contribution >= 0.6 is 0 Å². The predicted molar refractivity (Wildman–Crippen MR) is 174 cm³/mol. The van der Waals surface area contributed by atoms with Gasteiger partial charge in [-0.15, -0.1) is 0 Å². The molecule has 1 aliphatic carbocycles. The fraction of sp³-hybridized carbons (Fsp3) is 0.629. The van der Waals surface area contributed by atoms with Crippen molar-refractivity contribution < 1.29 is 27.8 Å². The van der Waals surface area contributed by atoms with Gasteiger partial charge in [-0.25, -0.2) is 8.78 Å². The van der Waals surface area contributed by atoms with Crippen LogP contribution in [0.4, 0.5) is 8.78 Å². The lowest BCUT2D eigenvalue weighted by Crippen LogP contribution is -2.39. The number of benzene rings is 1. The third-order valence-corrected chi connectivity index (χ3v) is 8.26. The summed E-state index contributed by atoms with van der Waals surface area (Å²) in [6, 6.07) is 7.33. The molecule has 9 heteroatoms. The second kappa shape index (κ2) is 18.2. The number of carbonyl (C=O) groups excluding carboxylic acids is 1. The molecule has 0 radical (unpaired) electrons. The topological polar surface area (TPSA) is 102 Å². The van der Waals surface area contributed by atoms with E-state index in [9.17, 15) is 13.6 Å². The quantitative estimate of drug-likeness (QED) is 0.109. The first-order valence-electron chi connectivity index (χ1n) is 16.5. The SMILES string of the molecule is CCCCCC1=CC(OC)=C(c2cc3ccc(OCCCC(F)(F)CCCOC(=O)C(N)CN)cc3n2CCCCC)CC1. The van der Waals surface area contributed by atoms with Gasteiger partial charge in [0, 0.05) is 48.7 Å². The Morgan fingerprint density at radius 3 is 2.43 bits per heavy atom. The Labute approximate surface area is 262 Å². The Balaban J connectivity index is 1.66. The number of methoxy groups -OCH3 is 1. The minimum Gasteiger partial charge on any atom is -0.496 e. The smallest absolute Gasteiger partial charge is 0.324 e. The van der Waals surface area contributed by atoms with Gasteiger partial charge in [0.15, 0.2) is 0 Å².